The zero-order valence-electron chi connectivity index (χ0n) is 16.1. The molecule has 1 amide bonds. The fourth-order valence-electron chi connectivity index (χ4n) is 2.35. The van der Waals surface area contributed by atoms with E-state index < -0.39 is 10.0 Å². The summed E-state index contributed by atoms with van der Waals surface area (Å²) in [5, 5.41) is 0. The van der Waals surface area contributed by atoms with Crippen molar-refractivity contribution in [3.63, 3.8) is 0 Å². The summed E-state index contributed by atoms with van der Waals surface area (Å²) in [6, 6.07) is 15.3. The molecule has 0 fully saturated rings. The highest BCUT2D eigenvalue weighted by Crippen LogP contribution is 2.18. The second-order valence-electron chi connectivity index (χ2n) is 6.53. The van der Waals surface area contributed by atoms with Crippen molar-refractivity contribution in [2.45, 2.75) is 24.8 Å². The maximum absolute atomic E-state index is 12.5. The van der Waals surface area contributed by atoms with Crippen molar-refractivity contribution >= 4 is 15.9 Å². The molecule has 0 N–H and O–H groups in total. The lowest BCUT2D eigenvalue weighted by atomic mass is 10.2. The molecule has 0 unspecified atom stereocenters. The highest BCUT2D eigenvalue weighted by molar-refractivity contribution is 7.89. The average Bonchev–Trinajstić information content (AvgIpc) is 2.67. The van der Waals surface area contributed by atoms with Gasteiger partial charge >= 0.3 is 0 Å². The van der Waals surface area contributed by atoms with Crippen LogP contribution in [0.3, 0.4) is 0 Å². The molecule has 0 spiro atoms. The predicted octanol–water partition coefficient (Wildman–Crippen LogP) is 2.87. The molecule has 2 aromatic carbocycles. The van der Waals surface area contributed by atoms with E-state index in [2.05, 4.69) is 0 Å². The molecular formula is C20H26N2O4S. The number of likely N-dealkylation sites (N-methyl/N-ethyl adjacent to an activating group) is 1. The molecule has 0 aromatic heterocycles. The van der Waals surface area contributed by atoms with Crippen LogP contribution in [0.1, 0.15) is 24.2 Å². The predicted molar refractivity (Wildman–Crippen MR) is 105 cm³/mol. The van der Waals surface area contributed by atoms with E-state index in [0.717, 1.165) is 5.75 Å². The van der Waals surface area contributed by atoms with Crippen LogP contribution in [0.2, 0.25) is 0 Å². The number of carbonyl (C=O) groups is 1. The van der Waals surface area contributed by atoms with Crippen molar-refractivity contribution < 1.29 is 17.9 Å². The number of nitrogens with zero attached hydrogens (tertiary/aromatic N) is 2. The molecule has 0 aliphatic rings. The smallest absolute Gasteiger partial charge is 0.253 e. The van der Waals surface area contributed by atoms with Gasteiger partial charge in [0.15, 0.2) is 0 Å². The molecule has 0 aliphatic heterocycles. The Bertz CT molecular complexity index is 849. The molecule has 0 heterocycles. The van der Waals surface area contributed by atoms with E-state index >= 15 is 0 Å². The van der Waals surface area contributed by atoms with E-state index in [1.165, 1.54) is 28.6 Å². The van der Waals surface area contributed by atoms with E-state index in [4.69, 9.17) is 4.74 Å². The van der Waals surface area contributed by atoms with Gasteiger partial charge in [-0.1, -0.05) is 18.2 Å². The first kappa shape index (κ1) is 20.9. The summed E-state index contributed by atoms with van der Waals surface area (Å²) < 4.78 is 31.9. The third kappa shape index (κ3) is 5.30. The number of carbonyl (C=O) groups excluding carboxylic acids is 1. The quantitative estimate of drug-likeness (QED) is 0.695. The molecule has 2 aromatic rings. The van der Waals surface area contributed by atoms with Gasteiger partial charge in [0, 0.05) is 25.7 Å². The first-order valence-electron chi connectivity index (χ1n) is 8.75. The second-order valence-corrected chi connectivity index (χ2v) is 8.53. The molecule has 0 saturated heterocycles. The molecule has 146 valence electrons. The maximum atomic E-state index is 12.5. The molecule has 27 heavy (non-hydrogen) atoms. The standard InChI is InChI=1S/C20H26N2O4S/c1-16(2)22(4)27(24,25)19-12-10-17(11-13-19)20(23)21(3)14-15-26-18-8-6-5-7-9-18/h5-13,16H,14-15H2,1-4H3. The van der Waals surface area contributed by atoms with Gasteiger partial charge in [-0.05, 0) is 50.2 Å². The van der Waals surface area contributed by atoms with Crippen LogP contribution in [-0.4, -0.2) is 56.8 Å². The highest BCUT2D eigenvalue weighted by atomic mass is 32.2. The molecule has 0 radical (unpaired) electrons. The van der Waals surface area contributed by atoms with E-state index in [9.17, 15) is 13.2 Å². The van der Waals surface area contributed by atoms with E-state index in [1.54, 1.807) is 19.0 Å². The lowest BCUT2D eigenvalue weighted by Crippen LogP contribution is -2.33. The van der Waals surface area contributed by atoms with Gasteiger partial charge in [-0.3, -0.25) is 4.79 Å². The first-order valence-corrected chi connectivity index (χ1v) is 10.2. The SMILES string of the molecule is CC(C)N(C)S(=O)(=O)c1ccc(C(=O)N(C)CCOc2ccccc2)cc1. The fourth-order valence-corrected chi connectivity index (χ4v) is 3.72. The van der Waals surface area contributed by atoms with Gasteiger partial charge in [-0.2, -0.15) is 4.31 Å². The largest absolute Gasteiger partial charge is 0.492 e. The summed E-state index contributed by atoms with van der Waals surface area (Å²) in [7, 11) is -0.328. The lowest BCUT2D eigenvalue weighted by molar-refractivity contribution is 0.0773. The number of para-hydroxylation sites is 1. The monoisotopic (exact) mass is 390 g/mol. The summed E-state index contributed by atoms with van der Waals surface area (Å²) in [6.07, 6.45) is 0. The van der Waals surface area contributed by atoms with Gasteiger partial charge < -0.3 is 9.64 Å². The van der Waals surface area contributed by atoms with Crippen LogP contribution < -0.4 is 4.74 Å². The first-order chi connectivity index (χ1) is 12.7. The highest BCUT2D eigenvalue weighted by Gasteiger charge is 2.23. The zero-order chi connectivity index (χ0) is 20.0. The zero-order valence-corrected chi connectivity index (χ0v) is 16.9. The molecule has 0 saturated carbocycles. The number of amides is 1. The van der Waals surface area contributed by atoms with Crippen LogP contribution in [0.5, 0.6) is 5.75 Å². The van der Waals surface area contributed by atoms with Crippen molar-refractivity contribution in [1.29, 1.82) is 0 Å². The minimum atomic E-state index is -3.56. The Morgan fingerprint density at radius 2 is 1.59 bits per heavy atom. The summed E-state index contributed by atoms with van der Waals surface area (Å²) in [5.74, 6) is 0.565. The molecule has 0 aliphatic carbocycles. The molecule has 7 heteroatoms. The Labute approximate surface area is 161 Å². The number of ether oxygens (including phenoxy) is 1. The Morgan fingerprint density at radius 3 is 2.15 bits per heavy atom. The van der Waals surface area contributed by atoms with Crippen LogP contribution >= 0.6 is 0 Å². The van der Waals surface area contributed by atoms with Gasteiger partial charge in [-0.15, -0.1) is 0 Å². The molecule has 0 bridgehead atoms. The van der Waals surface area contributed by atoms with E-state index in [0.29, 0.717) is 18.7 Å². The minimum absolute atomic E-state index is 0.146. The summed E-state index contributed by atoms with van der Waals surface area (Å²) in [4.78, 5) is 14.2. The van der Waals surface area contributed by atoms with Gasteiger partial charge in [-0.25, -0.2) is 8.42 Å². The van der Waals surface area contributed by atoms with Crippen molar-refractivity contribution in [3.05, 3.63) is 60.2 Å². The summed E-state index contributed by atoms with van der Waals surface area (Å²) >= 11 is 0. The maximum Gasteiger partial charge on any atom is 0.253 e. The van der Waals surface area contributed by atoms with Crippen LogP contribution in [-0.2, 0) is 10.0 Å². The van der Waals surface area contributed by atoms with Gasteiger partial charge in [0.1, 0.15) is 12.4 Å². The summed E-state index contributed by atoms with van der Waals surface area (Å²) in [5.41, 5.74) is 0.434. The normalized spacial score (nSPS) is 11.6. The van der Waals surface area contributed by atoms with Crippen LogP contribution in [0.15, 0.2) is 59.5 Å². The molecular weight excluding hydrogens is 364 g/mol. The topological polar surface area (TPSA) is 66.9 Å². The Kier molecular flexibility index (Phi) is 6.98. The van der Waals surface area contributed by atoms with E-state index in [-0.39, 0.29) is 16.8 Å². The minimum Gasteiger partial charge on any atom is -0.492 e. The average molecular weight is 391 g/mol. The second kappa shape index (κ2) is 9.01. The van der Waals surface area contributed by atoms with Crippen LogP contribution in [0.25, 0.3) is 0 Å². The van der Waals surface area contributed by atoms with Crippen molar-refractivity contribution in [3.8, 4) is 5.75 Å². The Morgan fingerprint density at radius 1 is 1.00 bits per heavy atom. The third-order valence-corrected chi connectivity index (χ3v) is 6.34. The summed E-state index contributed by atoms with van der Waals surface area (Å²) in [6.45, 7) is 4.41. The Hall–Kier alpha value is -2.38. The molecule has 2 rings (SSSR count). The number of hydrogen-bond acceptors (Lipinski definition) is 4. The van der Waals surface area contributed by atoms with Gasteiger partial charge in [0.25, 0.3) is 5.91 Å². The van der Waals surface area contributed by atoms with Crippen LogP contribution in [0, 0.1) is 0 Å². The number of rotatable bonds is 8. The number of benzene rings is 2. The van der Waals surface area contributed by atoms with Crippen molar-refractivity contribution in [2.24, 2.45) is 0 Å². The lowest BCUT2D eigenvalue weighted by Gasteiger charge is -2.21. The van der Waals surface area contributed by atoms with E-state index in [1.807, 2.05) is 44.2 Å². The molecule has 0 atom stereocenters. The Balaban J connectivity index is 1.98. The van der Waals surface area contributed by atoms with Crippen LogP contribution in [0.4, 0.5) is 0 Å². The van der Waals surface area contributed by atoms with Gasteiger partial charge in [0.2, 0.25) is 10.0 Å². The third-order valence-electron chi connectivity index (χ3n) is 4.29. The fraction of sp³-hybridized carbons (Fsp3) is 0.350. The number of sulfonamides is 1. The van der Waals surface area contributed by atoms with Crippen molar-refractivity contribution in [1.82, 2.24) is 9.21 Å². The molecule has 6 nitrogen and oxygen atoms in total. The van der Waals surface area contributed by atoms with Gasteiger partial charge in [0.05, 0.1) is 11.4 Å². The van der Waals surface area contributed by atoms with Crippen molar-refractivity contribution in [2.75, 3.05) is 27.2 Å². The number of hydrogen-bond donors (Lipinski definition) is 0.